The molecule has 0 unspecified atom stereocenters. The van der Waals surface area contributed by atoms with Crippen molar-refractivity contribution in [2.45, 2.75) is 27.7 Å². The highest BCUT2D eigenvalue weighted by Gasteiger charge is 2.01. The number of rotatable bonds is 3. The van der Waals surface area contributed by atoms with Gasteiger partial charge in [0, 0.05) is 22.8 Å². The molecule has 0 amide bonds. The van der Waals surface area contributed by atoms with E-state index in [2.05, 4.69) is 30.8 Å². The molecule has 0 spiro atoms. The zero-order chi connectivity index (χ0) is 13.1. The summed E-state index contributed by atoms with van der Waals surface area (Å²) in [4.78, 5) is 17.0. The summed E-state index contributed by atoms with van der Waals surface area (Å²) in [6, 6.07) is 3.83. The van der Waals surface area contributed by atoms with Gasteiger partial charge in [-0.05, 0) is 39.8 Å². The molecule has 0 saturated carbocycles. The third kappa shape index (κ3) is 3.13. The molecule has 2 N–H and O–H groups in total. The van der Waals surface area contributed by atoms with Crippen molar-refractivity contribution in [1.82, 2.24) is 19.9 Å². The highest BCUT2D eigenvalue weighted by molar-refractivity contribution is 5.37. The first-order chi connectivity index (χ1) is 8.52. The van der Waals surface area contributed by atoms with Crippen molar-refractivity contribution in [1.29, 1.82) is 0 Å². The summed E-state index contributed by atoms with van der Waals surface area (Å²) in [5, 5.41) is 0. The Kier molecular flexibility index (Phi) is 3.36. The van der Waals surface area contributed by atoms with Crippen LogP contribution in [-0.2, 0) is 0 Å². The molecule has 6 heteroatoms. The number of aryl methyl sites for hydroxylation is 4. The molecule has 2 aromatic rings. The van der Waals surface area contributed by atoms with Gasteiger partial charge in [0.2, 0.25) is 11.9 Å². The van der Waals surface area contributed by atoms with Crippen LogP contribution in [0.4, 0.5) is 11.9 Å². The van der Waals surface area contributed by atoms with E-state index >= 15 is 0 Å². The molecule has 6 nitrogen and oxygen atoms in total. The smallest absolute Gasteiger partial charge is 0.242 e. The summed E-state index contributed by atoms with van der Waals surface area (Å²) < 4.78 is 0. The van der Waals surface area contributed by atoms with Gasteiger partial charge in [-0.3, -0.25) is 10.9 Å². The zero-order valence-electron chi connectivity index (χ0n) is 10.9. The minimum atomic E-state index is 0.509. The van der Waals surface area contributed by atoms with E-state index in [1.807, 2.05) is 39.8 Å². The summed E-state index contributed by atoms with van der Waals surface area (Å²) >= 11 is 0. The van der Waals surface area contributed by atoms with E-state index in [1.54, 1.807) is 0 Å². The molecule has 0 radical (unpaired) electrons. The fraction of sp³-hybridized carbons (Fsp3) is 0.333. The van der Waals surface area contributed by atoms with Gasteiger partial charge in [0.15, 0.2) is 0 Å². The Morgan fingerprint density at radius 2 is 0.889 bits per heavy atom. The van der Waals surface area contributed by atoms with Gasteiger partial charge in [0.1, 0.15) is 0 Å². The average molecular weight is 244 g/mol. The number of hydrazine groups is 1. The normalized spacial score (nSPS) is 10.2. The summed E-state index contributed by atoms with van der Waals surface area (Å²) in [5.74, 6) is 1.02. The molecule has 0 aliphatic heterocycles. The Labute approximate surface area is 106 Å². The van der Waals surface area contributed by atoms with Crippen LogP contribution in [0.15, 0.2) is 12.1 Å². The van der Waals surface area contributed by atoms with Crippen LogP contribution in [0.1, 0.15) is 22.8 Å². The molecule has 0 saturated heterocycles. The molecular formula is C12H16N6. The van der Waals surface area contributed by atoms with Gasteiger partial charge in [-0.1, -0.05) is 0 Å². The lowest BCUT2D eigenvalue weighted by atomic mass is 10.4. The van der Waals surface area contributed by atoms with E-state index in [-0.39, 0.29) is 0 Å². The number of anilines is 2. The van der Waals surface area contributed by atoms with Gasteiger partial charge < -0.3 is 0 Å². The van der Waals surface area contributed by atoms with Crippen LogP contribution in [0.25, 0.3) is 0 Å². The molecule has 0 bridgehead atoms. The van der Waals surface area contributed by atoms with Crippen LogP contribution < -0.4 is 10.9 Å². The number of hydrogen-bond donors (Lipinski definition) is 2. The summed E-state index contributed by atoms with van der Waals surface area (Å²) in [7, 11) is 0. The van der Waals surface area contributed by atoms with E-state index in [0.29, 0.717) is 11.9 Å². The second-order valence-electron chi connectivity index (χ2n) is 4.20. The fourth-order valence-corrected chi connectivity index (χ4v) is 1.68. The summed E-state index contributed by atoms with van der Waals surface area (Å²) in [6.07, 6.45) is 0. The molecule has 0 aliphatic rings. The maximum absolute atomic E-state index is 4.25. The Balaban J connectivity index is 2.11. The molecule has 0 aromatic carbocycles. The first-order valence-corrected chi connectivity index (χ1v) is 5.69. The summed E-state index contributed by atoms with van der Waals surface area (Å²) in [6.45, 7) is 7.70. The Morgan fingerprint density at radius 3 is 1.17 bits per heavy atom. The molecule has 0 aliphatic carbocycles. The van der Waals surface area contributed by atoms with E-state index in [1.165, 1.54) is 0 Å². The quantitative estimate of drug-likeness (QED) is 0.804. The monoisotopic (exact) mass is 244 g/mol. The van der Waals surface area contributed by atoms with Gasteiger partial charge in [0.05, 0.1) is 0 Å². The molecular weight excluding hydrogens is 228 g/mol. The zero-order valence-corrected chi connectivity index (χ0v) is 10.9. The number of nitrogens with one attached hydrogen (secondary N) is 2. The largest absolute Gasteiger partial charge is 0.265 e. The average Bonchev–Trinajstić information content (AvgIpc) is 2.23. The van der Waals surface area contributed by atoms with Crippen LogP contribution in [0.3, 0.4) is 0 Å². The maximum atomic E-state index is 4.25. The highest BCUT2D eigenvalue weighted by atomic mass is 15.4. The Hall–Kier alpha value is -2.24. The van der Waals surface area contributed by atoms with E-state index < -0.39 is 0 Å². The van der Waals surface area contributed by atoms with Crippen LogP contribution in [0.5, 0.6) is 0 Å². The number of aromatic nitrogens is 4. The van der Waals surface area contributed by atoms with Gasteiger partial charge >= 0.3 is 0 Å². The van der Waals surface area contributed by atoms with Crippen molar-refractivity contribution >= 4 is 11.9 Å². The van der Waals surface area contributed by atoms with Gasteiger partial charge in [0.25, 0.3) is 0 Å². The predicted molar refractivity (Wildman–Crippen MR) is 70.3 cm³/mol. The second-order valence-corrected chi connectivity index (χ2v) is 4.20. The van der Waals surface area contributed by atoms with Crippen LogP contribution >= 0.6 is 0 Å². The molecule has 0 atom stereocenters. The van der Waals surface area contributed by atoms with Gasteiger partial charge in [-0.2, -0.15) is 0 Å². The molecule has 0 fully saturated rings. The van der Waals surface area contributed by atoms with E-state index in [0.717, 1.165) is 22.8 Å². The van der Waals surface area contributed by atoms with Crippen molar-refractivity contribution in [2.75, 3.05) is 10.9 Å². The van der Waals surface area contributed by atoms with Gasteiger partial charge in [-0.25, -0.2) is 19.9 Å². The minimum absolute atomic E-state index is 0.509. The van der Waals surface area contributed by atoms with Crippen molar-refractivity contribution < 1.29 is 0 Å². The lowest BCUT2D eigenvalue weighted by molar-refractivity contribution is 1.01. The number of hydrogen-bond acceptors (Lipinski definition) is 6. The van der Waals surface area contributed by atoms with E-state index in [9.17, 15) is 0 Å². The molecule has 94 valence electrons. The molecule has 2 rings (SSSR count). The Morgan fingerprint density at radius 1 is 0.611 bits per heavy atom. The van der Waals surface area contributed by atoms with Crippen molar-refractivity contribution in [2.24, 2.45) is 0 Å². The van der Waals surface area contributed by atoms with E-state index in [4.69, 9.17) is 0 Å². The Bertz CT molecular complexity index is 474. The molecule has 18 heavy (non-hydrogen) atoms. The first-order valence-electron chi connectivity index (χ1n) is 5.69. The van der Waals surface area contributed by atoms with Crippen molar-refractivity contribution in [3.63, 3.8) is 0 Å². The topological polar surface area (TPSA) is 75.6 Å². The third-order valence-electron chi connectivity index (χ3n) is 2.25. The van der Waals surface area contributed by atoms with Crippen molar-refractivity contribution in [3.8, 4) is 0 Å². The maximum Gasteiger partial charge on any atom is 0.242 e. The first kappa shape index (κ1) is 12.2. The second kappa shape index (κ2) is 4.95. The van der Waals surface area contributed by atoms with Gasteiger partial charge in [-0.15, -0.1) is 0 Å². The fourth-order valence-electron chi connectivity index (χ4n) is 1.68. The van der Waals surface area contributed by atoms with Crippen LogP contribution in [-0.4, -0.2) is 19.9 Å². The lowest BCUT2D eigenvalue weighted by Crippen LogP contribution is -2.15. The van der Waals surface area contributed by atoms with Crippen LogP contribution in [0, 0.1) is 27.7 Å². The lowest BCUT2D eigenvalue weighted by Gasteiger charge is -2.08. The SMILES string of the molecule is Cc1cc(C)nc(NNc2nc(C)cc(C)n2)n1. The molecule has 2 heterocycles. The molecule has 2 aromatic heterocycles. The predicted octanol–water partition coefficient (Wildman–Crippen LogP) is 1.94. The summed E-state index contributed by atoms with van der Waals surface area (Å²) in [5.41, 5.74) is 9.44. The third-order valence-corrected chi connectivity index (χ3v) is 2.25. The standard InChI is InChI=1S/C12H16N6/c1-7-5-8(2)14-11(13-7)17-18-12-15-9(3)6-10(4)16-12/h5-6H,1-4H3,(H,13,14,17)(H,15,16,18). The van der Waals surface area contributed by atoms with Crippen molar-refractivity contribution in [3.05, 3.63) is 34.9 Å². The highest BCUT2D eigenvalue weighted by Crippen LogP contribution is 2.06. The minimum Gasteiger partial charge on any atom is -0.265 e. The van der Waals surface area contributed by atoms with Crippen LogP contribution in [0.2, 0.25) is 0 Å². The number of nitrogens with zero attached hydrogens (tertiary/aromatic N) is 4.